The van der Waals surface area contributed by atoms with Gasteiger partial charge in [-0.3, -0.25) is 10.1 Å². The maximum atomic E-state index is 12.6. The first-order valence-electron chi connectivity index (χ1n) is 10.3. The van der Waals surface area contributed by atoms with Crippen molar-refractivity contribution in [2.24, 2.45) is 0 Å². The van der Waals surface area contributed by atoms with E-state index in [0.717, 1.165) is 30.6 Å². The van der Waals surface area contributed by atoms with Crippen molar-refractivity contribution in [3.63, 3.8) is 0 Å². The molecule has 168 valence electrons. The van der Waals surface area contributed by atoms with Crippen LogP contribution in [-0.4, -0.2) is 49.0 Å². The number of nitrogens with one attached hydrogen (secondary N) is 1. The number of hydrogen-bond acceptors (Lipinski definition) is 7. The quantitative estimate of drug-likeness (QED) is 0.562. The van der Waals surface area contributed by atoms with Gasteiger partial charge in [-0.05, 0) is 54.8 Å². The molecule has 0 atom stereocenters. The average Bonchev–Trinajstić information content (AvgIpc) is 3.28. The van der Waals surface area contributed by atoms with Crippen molar-refractivity contribution in [3.05, 3.63) is 59.7 Å². The fourth-order valence-electron chi connectivity index (χ4n) is 3.49. The van der Waals surface area contributed by atoms with E-state index in [9.17, 15) is 13.2 Å². The fraction of sp³-hybridized carbons (Fsp3) is 0.318. The van der Waals surface area contributed by atoms with Crippen molar-refractivity contribution in [3.8, 4) is 16.3 Å². The topological polar surface area (TPSA) is 101 Å². The number of ether oxygens (including phenoxy) is 1. The Balaban J connectivity index is 1.38. The zero-order valence-corrected chi connectivity index (χ0v) is 19.3. The largest absolute Gasteiger partial charge is 0.497 e. The van der Waals surface area contributed by atoms with E-state index >= 15 is 0 Å². The normalized spacial score (nSPS) is 14.8. The second-order valence-corrected chi connectivity index (χ2v) is 10.5. The summed E-state index contributed by atoms with van der Waals surface area (Å²) in [6, 6.07) is 14.0. The Labute approximate surface area is 191 Å². The number of benzene rings is 2. The molecule has 0 unspecified atom stereocenters. The summed E-state index contributed by atoms with van der Waals surface area (Å²) in [5, 5.41) is 12.0. The highest BCUT2D eigenvalue weighted by Crippen LogP contribution is 2.28. The van der Waals surface area contributed by atoms with Crippen LogP contribution in [0.1, 0.15) is 35.2 Å². The van der Waals surface area contributed by atoms with Crippen molar-refractivity contribution in [1.29, 1.82) is 0 Å². The van der Waals surface area contributed by atoms with E-state index < -0.39 is 10.0 Å². The van der Waals surface area contributed by atoms with Gasteiger partial charge in [-0.15, -0.1) is 10.2 Å². The molecule has 8 nitrogen and oxygen atoms in total. The number of sulfonamides is 1. The van der Waals surface area contributed by atoms with Crippen molar-refractivity contribution >= 4 is 32.4 Å². The summed E-state index contributed by atoms with van der Waals surface area (Å²) in [6.45, 7) is 1.17. The molecule has 10 heteroatoms. The summed E-state index contributed by atoms with van der Waals surface area (Å²) in [6.07, 6.45) is 2.89. The van der Waals surface area contributed by atoms with E-state index in [4.69, 9.17) is 4.74 Å². The lowest BCUT2D eigenvalue weighted by molar-refractivity contribution is 0.102. The van der Waals surface area contributed by atoms with Gasteiger partial charge in [0.05, 0.1) is 12.9 Å². The van der Waals surface area contributed by atoms with Crippen LogP contribution >= 0.6 is 11.3 Å². The molecule has 2 heterocycles. The van der Waals surface area contributed by atoms with E-state index in [2.05, 4.69) is 15.5 Å². The molecule has 1 saturated heterocycles. The number of carbonyl (C=O) groups excluding carboxylic acids is 1. The number of amides is 1. The molecule has 2 aromatic carbocycles. The number of rotatable bonds is 7. The minimum Gasteiger partial charge on any atom is -0.497 e. The first kappa shape index (κ1) is 22.4. The van der Waals surface area contributed by atoms with Crippen LogP contribution in [0.2, 0.25) is 0 Å². The van der Waals surface area contributed by atoms with Gasteiger partial charge in [0.1, 0.15) is 10.8 Å². The van der Waals surface area contributed by atoms with E-state index in [0.29, 0.717) is 34.4 Å². The van der Waals surface area contributed by atoms with Crippen LogP contribution in [0.25, 0.3) is 10.6 Å². The minimum absolute atomic E-state index is 0.0590. The maximum absolute atomic E-state index is 12.6. The average molecular weight is 473 g/mol. The molecule has 32 heavy (non-hydrogen) atoms. The molecule has 1 N–H and O–H groups in total. The predicted molar refractivity (Wildman–Crippen MR) is 124 cm³/mol. The van der Waals surface area contributed by atoms with Crippen molar-refractivity contribution in [2.75, 3.05) is 25.5 Å². The first-order valence-corrected chi connectivity index (χ1v) is 12.7. The summed E-state index contributed by atoms with van der Waals surface area (Å²) < 4.78 is 31.9. The molecule has 3 aromatic rings. The van der Waals surface area contributed by atoms with Gasteiger partial charge in [0.15, 0.2) is 0 Å². The zero-order chi connectivity index (χ0) is 22.6. The molecule has 1 aliphatic heterocycles. The number of piperidine rings is 1. The third kappa shape index (κ3) is 5.32. The van der Waals surface area contributed by atoms with Gasteiger partial charge in [0.2, 0.25) is 15.2 Å². The lowest BCUT2D eigenvalue weighted by Crippen LogP contribution is -2.36. The minimum atomic E-state index is -3.34. The highest BCUT2D eigenvalue weighted by atomic mass is 32.2. The third-order valence-electron chi connectivity index (χ3n) is 5.26. The molecular weight excluding hydrogens is 448 g/mol. The molecule has 1 aromatic heterocycles. The molecule has 1 aliphatic rings. The monoisotopic (exact) mass is 472 g/mol. The van der Waals surface area contributed by atoms with Crippen LogP contribution in [0.5, 0.6) is 5.75 Å². The van der Waals surface area contributed by atoms with Crippen LogP contribution in [0.3, 0.4) is 0 Å². The second-order valence-electron chi connectivity index (χ2n) is 7.51. The smallest absolute Gasteiger partial charge is 0.257 e. The SMILES string of the molecule is COc1ccc(-c2nnc(NC(=O)c3ccc(CS(=O)(=O)N4CCCCC4)cc3)s2)cc1. The van der Waals surface area contributed by atoms with E-state index in [-0.39, 0.29) is 11.7 Å². The van der Waals surface area contributed by atoms with Gasteiger partial charge in [-0.2, -0.15) is 0 Å². The van der Waals surface area contributed by atoms with Crippen LogP contribution < -0.4 is 10.1 Å². The zero-order valence-electron chi connectivity index (χ0n) is 17.7. The van der Waals surface area contributed by atoms with Crippen LogP contribution in [0, 0.1) is 0 Å². The third-order valence-corrected chi connectivity index (χ3v) is 7.99. The standard InChI is InChI=1S/C22H24N4O4S2/c1-30-19-11-9-18(10-12-19)21-24-25-22(31-21)23-20(27)17-7-5-16(6-8-17)15-32(28,29)26-13-3-2-4-14-26/h5-12H,2-4,13-15H2,1H3,(H,23,25,27). The Morgan fingerprint density at radius 2 is 1.72 bits per heavy atom. The van der Waals surface area contributed by atoms with Crippen LogP contribution in [-0.2, 0) is 15.8 Å². The fourth-order valence-corrected chi connectivity index (χ4v) is 5.85. The van der Waals surface area contributed by atoms with Gasteiger partial charge in [-0.25, -0.2) is 12.7 Å². The molecule has 0 bridgehead atoms. The Morgan fingerprint density at radius 1 is 1.03 bits per heavy atom. The number of anilines is 1. The Hall–Kier alpha value is -2.82. The second kappa shape index (κ2) is 9.76. The van der Waals surface area contributed by atoms with E-state index in [1.165, 1.54) is 11.3 Å². The number of nitrogens with zero attached hydrogens (tertiary/aromatic N) is 3. The van der Waals surface area contributed by atoms with Gasteiger partial charge in [0, 0.05) is 24.2 Å². The number of aromatic nitrogens is 2. The molecule has 1 amide bonds. The first-order chi connectivity index (χ1) is 15.4. The van der Waals surface area contributed by atoms with Gasteiger partial charge in [0.25, 0.3) is 5.91 Å². The summed E-state index contributed by atoms with van der Waals surface area (Å²) in [5.41, 5.74) is 1.96. The molecule has 0 radical (unpaired) electrons. The summed E-state index contributed by atoms with van der Waals surface area (Å²) >= 11 is 1.27. The summed E-state index contributed by atoms with van der Waals surface area (Å²) in [4.78, 5) is 12.6. The van der Waals surface area contributed by atoms with Gasteiger partial charge in [-0.1, -0.05) is 29.9 Å². The highest BCUT2D eigenvalue weighted by molar-refractivity contribution is 7.88. The van der Waals surface area contributed by atoms with Crippen LogP contribution in [0.15, 0.2) is 48.5 Å². The Kier molecular flexibility index (Phi) is 6.83. The molecule has 0 aliphatic carbocycles. The molecular formula is C22H24N4O4S2. The highest BCUT2D eigenvalue weighted by Gasteiger charge is 2.24. The lowest BCUT2D eigenvalue weighted by atomic mass is 10.1. The Morgan fingerprint density at radius 3 is 2.38 bits per heavy atom. The van der Waals surface area contributed by atoms with Crippen molar-refractivity contribution in [1.82, 2.24) is 14.5 Å². The van der Waals surface area contributed by atoms with E-state index in [1.807, 2.05) is 24.3 Å². The maximum Gasteiger partial charge on any atom is 0.257 e. The number of hydrogen-bond donors (Lipinski definition) is 1. The van der Waals surface area contributed by atoms with Crippen molar-refractivity contribution < 1.29 is 17.9 Å². The van der Waals surface area contributed by atoms with Gasteiger partial charge >= 0.3 is 0 Å². The molecule has 4 rings (SSSR count). The molecule has 1 fully saturated rings. The van der Waals surface area contributed by atoms with Crippen molar-refractivity contribution in [2.45, 2.75) is 25.0 Å². The van der Waals surface area contributed by atoms with Gasteiger partial charge < -0.3 is 4.74 Å². The number of methoxy groups -OCH3 is 1. The Bertz CT molecular complexity index is 1170. The predicted octanol–water partition coefficient (Wildman–Crippen LogP) is 3.78. The van der Waals surface area contributed by atoms with E-state index in [1.54, 1.807) is 35.7 Å². The summed E-state index contributed by atoms with van der Waals surface area (Å²) in [5.74, 6) is 0.364. The number of carbonyl (C=O) groups is 1. The molecule has 0 saturated carbocycles. The molecule has 0 spiro atoms. The lowest BCUT2D eigenvalue weighted by Gasteiger charge is -2.25. The van der Waals surface area contributed by atoms with Crippen LogP contribution in [0.4, 0.5) is 5.13 Å². The summed E-state index contributed by atoms with van der Waals surface area (Å²) in [7, 11) is -1.73.